The van der Waals surface area contributed by atoms with Gasteiger partial charge in [-0.25, -0.2) is 4.39 Å². The molecule has 5 heteroatoms. The van der Waals surface area contributed by atoms with Crippen molar-refractivity contribution >= 4 is 5.91 Å². The molecule has 4 nitrogen and oxygen atoms in total. The second kappa shape index (κ2) is 8.87. The Hall–Kier alpha value is -1.20. The highest BCUT2D eigenvalue weighted by atomic mass is 19.1. The molecular formula is C22H37FN2O2. The van der Waals surface area contributed by atoms with Gasteiger partial charge in [-0.2, -0.15) is 0 Å². The van der Waals surface area contributed by atoms with Crippen molar-refractivity contribution in [2.24, 2.45) is 23.2 Å². The first-order valence-electron chi connectivity index (χ1n) is 10.3. The molecule has 1 amide bonds. The molecule has 2 N–H and O–H groups in total. The maximum absolute atomic E-state index is 13.4. The number of piperidine rings is 1. The van der Waals surface area contributed by atoms with E-state index in [9.17, 15) is 14.3 Å². The van der Waals surface area contributed by atoms with E-state index in [2.05, 4.69) is 24.1 Å². The number of rotatable bonds is 6. The predicted molar refractivity (Wildman–Crippen MR) is 108 cm³/mol. The van der Waals surface area contributed by atoms with Gasteiger partial charge in [-0.3, -0.25) is 9.69 Å². The number of allylic oxidation sites excluding steroid dienone is 4. The molecule has 0 saturated carbocycles. The molecule has 0 aromatic heterocycles. The van der Waals surface area contributed by atoms with Gasteiger partial charge in [-0.05, 0) is 29.2 Å². The maximum Gasteiger partial charge on any atom is 0.222 e. The lowest BCUT2D eigenvalue weighted by molar-refractivity contribution is -0.129. The summed E-state index contributed by atoms with van der Waals surface area (Å²) >= 11 is 0. The van der Waals surface area contributed by atoms with E-state index in [1.165, 1.54) is 5.57 Å². The van der Waals surface area contributed by atoms with Crippen molar-refractivity contribution < 1.29 is 14.3 Å². The quantitative estimate of drug-likeness (QED) is 0.739. The first-order chi connectivity index (χ1) is 12.5. The Morgan fingerprint density at radius 1 is 1.33 bits per heavy atom. The lowest BCUT2D eigenvalue weighted by Crippen LogP contribution is -2.59. The van der Waals surface area contributed by atoms with Crippen molar-refractivity contribution in [2.45, 2.75) is 72.8 Å². The summed E-state index contributed by atoms with van der Waals surface area (Å²) in [4.78, 5) is 14.3. The standard InChI is InChI=1S/C22H37FN2O2/c1-14(2)19(24-20(26)15(3)4)21(27)25-12-11-18(22(5,6)13-25)16-7-9-17(23)10-8-16/h7-9,14-15,17-19,21,27H,10-13H2,1-6H3,(H,24,26)/t17-,18?,19-,21?/m1/s1. The van der Waals surface area contributed by atoms with Gasteiger partial charge in [0.1, 0.15) is 12.4 Å². The number of likely N-dealkylation sites (tertiary alicyclic amines) is 1. The lowest BCUT2D eigenvalue weighted by Gasteiger charge is -2.48. The molecule has 0 bridgehead atoms. The van der Waals surface area contributed by atoms with Gasteiger partial charge >= 0.3 is 0 Å². The van der Waals surface area contributed by atoms with E-state index in [-0.39, 0.29) is 29.2 Å². The molecule has 1 heterocycles. The van der Waals surface area contributed by atoms with Crippen molar-refractivity contribution in [3.8, 4) is 0 Å². The van der Waals surface area contributed by atoms with E-state index >= 15 is 0 Å². The minimum Gasteiger partial charge on any atom is -0.376 e. The summed E-state index contributed by atoms with van der Waals surface area (Å²) in [5.41, 5.74) is 1.18. The van der Waals surface area contributed by atoms with Crippen LogP contribution < -0.4 is 5.32 Å². The van der Waals surface area contributed by atoms with E-state index in [0.717, 1.165) is 19.5 Å². The van der Waals surface area contributed by atoms with Crippen LogP contribution in [0.3, 0.4) is 0 Å². The number of aliphatic hydroxyl groups is 1. The van der Waals surface area contributed by atoms with Gasteiger partial charge in [0.25, 0.3) is 0 Å². The molecule has 1 saturated heterocycles. The zero-order chi connectivity index (χ0) is 20.4. The molecule has 0 spiro atoms. The van der Waals surface area contributed by atoms with Crippen LogP contribution in [0.15, 0.2) is 23.8 Å². The predicted octanol–water partition coefficient (Wildman–Crippen LogP) is 3.67. The average Bonchev–Trinajstić information content (AvgIpc) is 2.58. The number of hydrogen-bond donors (Lipinski definition) is 2. The molecule has 2 rings (SSSR count). The number of amides is 1. The van der Waals surface area contributed by atoms with Crippen LogP contribution in [-0.2, 0) is 4.79 Å². The van der Waals surface area contributed by atoms with E-state index in [1.807, 2.05) is 39.8 Å². The molecule has 1 fully saturated rings. The van der Waals surface area contributed by atoms with Crippen molar-refractivity contribution in [3.63, 3.8) is 0 Å². The van der Waals surface area contributed by atoms with Crippen LogP contribution in [0, 0.1) is 23.2 Å². The number of alkyl halides is 1. The second-order valence-corrected chi connectivity index (χ2v) is 9.46. The fourth-order valence-corrected chi connectivity index (χ4v) is 4.25. The number of nitrogens with zero attached hydrogens (tertiary/aromatic N) is 1. The van der Waals surface area contributed by atoms with Gasteiger partial charge < -0.3 is 10.4 Å². The van der Waals surface area contributed by atoms with Gasteiger partial charge in [0, 0.05) is 25.4 Å². The zero-order valence-corrected chi connectivity index (χ0v) is 17.7. The van der Waals surface area contributed by atoms with Crippen molar-refractivity contribution in [2.75, 3.05) is 13.1 Å². The zero-order valence-electron chi connectivity index (χ0n) is 17.7. The van der Waals surface area contributed by atoms with E-state index in [0.29, 0.717) is 12.3 Å². The minimum atomic E-state index is -0.866. The molecule has 2 unspecified atom stereocenters. The Balaban J connectivity index is 2.08. The van der Waals surface area contributed by atoms with Crippen LogP contribution in [-0.4, -0.2) is 47.4 Å². The number of carbonyl (C=O) groups is 1. The molecule has 0 aromatic carbocycles. The molecule has 1 aliphatic carbocycles. The SMILES string of the molecule is CC(C)C(=O)N[C@H](C(C)C)C(O)N1CCC(C2=CC[C@H](F)C=C2)C(C)(C)C1. The molecule has 27 heavy (non-hydrogen) atoms. The first kappa shape index (κ1) is 22.1. The molecule has 2 aliphatic rings. The van der Waals surface area contributed by atoms with Crippen LogP contribution in [0.5, 0.6) is 0 Å². The maximum atomic E-state index is 13.4. The Morgan fingerprint density at radius 2 is 2.00 bits per heavy atom. The van der Waals surface area contributed by atoms with Gasteiger partial charge in [0.2, 0.25) is 5.91 Å². The van der Waals surface area contributed by atoms with Gasteiger partial charge in [-0.15, -0.1) is 0 Å². The number of halogens is 1. The summed E-state index contributed by atoms with van der Waals surface area (Å²) in [6.07, 6.45) is 5.42. The van der Waals surface area contributed by atoms with E-state index < -0.39 is 12.4 Å². The normalized spacial score (nSPS) is 28.1. The number of carbonyl (C=O) groups excluding carboxylic acids is 1. The third-order valence-electron chi connectivity index (χ3n) is 5.98. The number of hydrogen-bond acceptors (Lipinski definition) is 3. The Labute approximate surface area is 163 Å². The topological polar surface area (TPSA) is 52.6 Å². The highest BCUT2D eigenvalue weighted by molar-refractivity contribution is 5.78. The van der Waals surface area contributed by atoms with Gasteiger partial charge in [0.15, 0.2) is 0 Å². The Bertz CT molecular complexity index is 583. The monoisotopic (exact) mass is 380 g/mol. The molecule has 1 aliphatic heterocycles. The summed E-state index contributed by atoms with van der Waals surface area (Å²) in [6.45, 7) is 13.7. The van der Waals surface area contributed by atoms with Crippen molar-refractivity contribution in [1.29, 1.82) is 0 Å². The molecule has 0 aromatic rings. The smallest absolute Gasteiger partial charge is 0.222 e. The molecule has 0 radical (unpaired) electrons. The van der Waals surface area contributed by atoms with Crippen LogP contribution >= 0.6 is 0 Å². The van der Waals surface area contributed by atoms with Crippen LogP contribution in [0.1, 0.15) is 54.4 Å². The van der Waals surface area contributed by atoms with Crippen molar-refractivity contribution in [1.82, 2.24) is 10.2 Å². The Kier molecular flexibility index (Phi) is 7.26. The summed E-state index contributed by atoms with van der Waals surface area (Å²) in [5, 5.41) is 14.1. The molecule has 4 atom stereocenters. The molecular weight excluding hydrogens is 343 g/mol. The highest BCUT2D eigenvalue weighted by Gasteiger charge is 2.41. The van der Waals surface area contributed by atoms with Crippen LogP contribution in [0.25, 0.3) is 0 Å². The van der Waals surface area contributed by atoms with Crippen LogP contribution in [0.2, 0.25) is 0 Å². The van der Waals surface area contributed by atoms with Gasteiger partial charge in [-0.1, -0.05) is 59.8 Å². The fourth-order valence-electron chi connectivity index (χ4n) is 4.25. The third-order valence-corrected chi connectivity index (χ3v) is 5.98. The van der Waals surface area contributed by atoms with Crippen molar-refractivity contribution in [3.05, 3.63) is 23.8 Å². The average molecular weight is 381 g/mol. The number of aliphatic hydroxyl groups excluding tert-OH is 1. The largest absolute Gasteiger partial charge is 0.376 e. The third kappa shape index (κ3) is 5.41. The van der Waals surface area contributed by atoms with Crippen LogP contribution in [0.4, 0.5) is 4.39 Å². The van der Waals surface area contributed by atoms with E-state index in [4.69, 9.17) is 0 Å². The minimum absolute atomic E-state index is 0.0276. The summed E-state index contributed by atoms with van der Waals surface area (Å²) in [5.74, 6) is 0.353. The Morgan fingerprint density at radius 3 is 2.48 bits per heavy atom. The summed E-state index contributed by atoms with van der Waals surface area (Å²) < 4.78 is 13.4. The van der Waals surface area contributed by atoms with Gasteiger partial charge in [0.05, 0.1) is 6.04 Å². The van der Waals surface area contributed by atoms with E-state index in [1.54, 1.807) is 6.08 Å². The summed E-state index contributed by atoms with van der Waals surface area (Å²) in [7, 11) is 0. The lowest BCUT2D eigenvalue weighted by atomic mass is 9.69. The first-order valence-corrected chi connectivity index (χ1v) is 10.3. The molecule has 154 valence electrons. The second-order valence-electron chi connectivity index (χ2n) is 9.46. The number of nitrogens with one attached hydrogen (secondary N) is 1. The highest BCUT2D eigenvalue weighted by Crippen LogP contribution is 2.42. The fraction of sp³-hybridized carbons (Fsp3) is 0.773. The summed E-state index contributed by atoms with van der Waals surface area (Å²) in [6, 6.07) is -0.298.